The number of likely N-dealkylation sites (tertiary alicyclic amines) is 1. The van der Waals surface area contributed by atoms with Crippen LogP contribution in [-0.4, -0.2) is 45.4 Å². The van der Waals surface area contributed by atoms with Gasteiger partial charge >= 0.3 is 5.69 Å². The molecule has 8 nitrogen and oxygen atoms in total. The number of methoxy groups -OCH3 is 1. The van der Waals surface area contributed by atoms with Crippen molar-refractivity contribution in [3.63, 3.8) is 0 Å². The van der Waals surface area contributed by atoms with Crippen molar-refractivity contribution < 1.29 is 9.53 Å². The van der Waals surface area contributed by atoms with Crippen LogP contribution in [0.4, 0.5) is 0 Å². The monoisotopic (exact) mass is 440 g/mol. The van der Waals surface area contributed by atoms with Gasteiger partial charge in [0, 0.05) is 24.2 Å². The summed E-state index contributed by atoms with van der Waals surface area (Å²) in [5.41, 5.74) is -0.729. The summed E-state index contributed by atoms with van der Waals surface area (Å²) in [5, 5.41) is 4.60. The lowest BCUT2D eigenvalue weighted by molar-refractivity contribution is 0.0781. The van der Waals surface area contributed by atoms with Gasteiger partial charge in [0.15, 0.2) is 0 Å². The van der Waals surface area contributed by atoms with Gasteiger partial charge in [0.1, 0.15) is 5.75 Å². The minimum absolute atomic E-state index is 0.0793. The lowest BCUT2D eigenvalue weighted by Gasteiger charge is -2.17. The van der Waals surface area contributed by atoms with E-state index in [4.69, 9.17) is 16.3 Å². The number of nitrogens with zero attached hydrogens (tertiary/aromatic N) is 4. The molecule has 0 radical (unpaired) electrons. The maximum absolute atomic E-state index is 13.3. The number of benzene rings is 2. The molecule has 1 fully saturated rings. The van der Waals surface area contributed by atoms with Crippen molar-refractivity contribution >= 4 is 17.5 Å². The smallest absolute Gasteiger partial charge is 0.352 e. The van der Waals surface area contributed by atoms with E-state index >= 15 is 0 Å². The molecule has 0 aliphatic carbocycles. The van der Waals surface area contributed by atoms with Crippen molar-refractivity contribution in [2.45, 2.75) is 19.4 Å². The van der Waals surface area contributed by atoms with Crippen molar-refractivity contribution in [3.8, 4) is 11.4 Å². The van der Waals surface area contributed by atoms with Gasteiger partial charge in [0.05, 0.1) is 19.3 Å². The van der Waals surface area contributed by atoms with Crippen LogP contribution in [0.25, 0.3) is 5.69 Å². The topological polar surface area (TPSA) is 86.4 Å². The van der Waals surface area contributed by atoms with Gasteiger partial charge in [0.2, 0.25) is 5.69 Å². The summed E-state index contributed by atoms with van der Waals surface area (Å²) in [6.45, 7) is 1.04. The van der Waals surface area contributed by atoms with E-state index in [0.29, 0.717) is 35.1 Å². The summed E-state index contributed by atoms with van der Waals surface area (Å²) < 4.78 is 7.29. The normalized spacial score (nSPS) is 13.4. The van der Waals surface area contributed by atoms with Crippen LogP contribution < -0.4 is 16.0 Å². The van der Waals surface area contributed by atoms with Crippen LogP contribution in [0, 0.1) is 0 Å². The Morgan fingerprint density at radius 3 is 2.55 bits per heavy atom. The predicted octanol–water partition coefficient (Wildman–Crippen LogP) is 2.34. The fraction of sp³-hybridized carbons (Fsp3) is 0.273. The highest BCUT2D eigenvalue weighted by Gasteiger charge is 2.27. The molecule has 9 heteroatoms. The van der Waals surface area contributed by atoms with Crippen LogP contribution in [0.15, 0.2) is 58.1 Å². The summed E-state index contributed by atoms with van der Waals surface area (Å²) >= 11 is 6.25. The molecule has 0 N–H and O–H groups in total. The molecule has 0 saturated carbocycles. The Morgan fingerprint density at radius 2 is 1.84 bits per heavy atom. The maximum atomic E-state index is 13.3. The summed E-state index contributed by atoms with van der Waals surface area (Å²) in [6.07, 6.45) is 1.74. The number of amides is 1. The summed E-state index contributed by atoms with van der Waals surface area (Å²) in [5.74, 6) is 0.0366. The Balaban J connectivity index is 1.91. The van der Waals surface area contributed by atoms with Gasteiger partial charge in [-0.2, -0.15) is 9.78 Å². The van der Waals surface area contributed by atoms with E-state index in [1.165, 1.54) is 7.11 Å². The highest BCUT2D eigenvalue weighted by molar-refractivity contribution is 6.31. The zero-order valence-corrected chi connectivity index (χ0v) is 17.7. The Bertz CT molecular complexity index is 1240. The molecule has 1 aliphatic heterocycles. The van der Waals surface area contributed by atoms with E-state index in [9.17, 15) is 14.4 Å². The Hall–Kier alpha value is -3.39. The van der Waals surface area contributed by atoms with Crippen molar-refractivity contribution in [2.75, 3.05) is 20.2 Å². The second-order valence-corrected chi connectivity index (χ2v) is 7.63. The van der Waals surface area contributed by atoms with Crippen LogP contribution in [0.5, 0.6) is 5.75 Å². The molecule has 2 heterocycles. The molecule has 1 saturated heterocycles. The number of carbonyl (C=O) groups is 1. The number of hydrogen-bond donors (Lipinski definition) is 0. The average molecular weight is 441 g/mol. The SMILES string of the molecule is COc1cccc(-n2nc(C(=O)N3CCCC3)c(=O)n(Cc3ccccc3Cl)c2=O)c1. The fourth-order valence-corrected chi connectivity index (χ4v) is 3.76. The molecule has 0 bridgehead atoms. The minimum Gasteiger partial charge on any atom is -0.497 e. The Morgan fingerprint density at radius 1 is 1.10 bits per heavy atom. The molecule has 1 amide bonds. The van der Waals surface area contributed by atoms with Crippen LogP contribution >= 0.6 is 11.6 Å². The quantitative estimate of drug-likeness (QED) is 0.607. The fourth-order valence-electron chi connectivity index (χ4n) is 3.57. The number of carbonyl (C=O) groups excluding carboxylic acids is 1. The Kier molecular flexibility index (Phi) is 5.90. The minimum atomic E-state index is -0.735. The molecule has 3 aromatic rings. The zero-order chi connectivity index (χ0) is 22.0. The van der Waals surface area contributed by atoms with E-state index < -0.39 is 17.2 Å². The second kappa shape index (κ2) is 8.77. The lowest BCUT2D eigenvalue weighted by atomic mass is 10.2. The van der Waals surface area contributed by atoms with Crippen molar-refractivity contribution in [1.82, 2.24) is 19.2 Å². The van der Waals surface area contributed by atoms with E-state index in [1.54, 1.807) is 53.4 Å². The maximum Gasteiger partial charge on any atom is 0.352 e. The van der Waals surface area contributed by atoms with Gasteiger partial charge in [-0.15, -0.1) is 0 Å². The van der Waals surface area contributed by atoms with E-state index in [-0.39, 0.29) is 12.2 Å². The van der Waals surface area contributed by atoms with E-state index in [0.717, 1.165) is 22.1 Å². The Labute approximate surface area is 183 Å². The molecule has 1 aliphatic rings. The highest BCUT2D eigenvalue weighted by Crippen LogP contribution is 2.17. The second-order valence-electron chi connectivity index (χ2n) is 7.23. The van der Waals surface area contributed by atoms with Gasteiger partial charge in [-0.05, 0) is 36.6 Å². The molecular formula is C22H21ClN4O4. The first-order valence-corrected chi connectivity index (χ1v) is 10.3. The van der Waals surface area contributed by atoms with Gasteiger partial charge in [-0.1, -0.05) is 35.9 Å². The van der Waals surface area contributed by atoms with Gasteiger partial charge in [-0.3, -0.25) is 14.2 Å². The molecular weight excluding hydrogens is 420 g/mol. The number of ether oxygens (including phenoxy) is 1. The van der Waals surface area contributed by atoms with Crippen LogP contribution in [0.2, 0.25) is 5.02 Å². The number of rotatable bonds is 5. The number of halogens is 1. The summed E-state index contributed by atoms with van der Waals surface area (Å²) in [4.78, 5) is 41.1. The predicted molar refractivity (Wildman–Crippen MR) is 116 cm³/mol. The summed E-state index contributed by atoms with van der Waals surface area (Å²) in [6, 6.07) is 13.6. The molecule has 2 aromatic carbocycles. The molecule has 0 atom stereocenters. The standard InChI is InChI=1S/C22H21ClN4O4/c1-31-17-9-6-8-16(13-17)27-22(30)26(14-15-7-2-3-10-18(15)23)21(29)19(24-27)20(28)25-11-4-5-12-25/h2-3,6-10,13H,4-5,11-12,14H2,1H3. The first kappa shape index (κ1) is 20.9. The van der Waals surface area contributed by atoms with Crippen LogP contribution in [-0.2, 0) is 6.54 Å². The van der Waals surface area contributed by atoms with Gasteiger partial charge in [-0.25, -0.2) is 4.79 Å². The lowest BCUT2D eigenvalue weighted by Crippen LogP contribution is -2.46. The van der Waals surface area contributed by atoms with Crippen molar-refractivity contribution in [1.29, 1.82) is 0 Å². The van der Waals surface area contributed by atoms with Crippen molar-refractivity contribution in [2.24, 2.45) is 0 Å². The van der Waals surface area contributed by atoms with E-state index in [2.05, 4.69) is 5.10 Å². The van der Waals surface area contributed by atoms with Crippen molar-refractivity contribution in [3.05, 3.63) is 85.6 Å². The first-order valence-electron chi connectivity index (χ1n) is 9.91. The van der Waals surface area contributed by atoms with Gasteiger partial charge in [0.25, 0.3) is 11.5 Å². The van der Waals surface area contributed by atoms with Gasteiger partial charge < -0.3 is 9.64 Å². The molecule has 0 unspecified atom stereocenters. The number of aromatic nitrogens is 3. The third-order valence-corrected chi connectivity index (χ3v) is 5.61. The molecule has 4 rings (SSSR count). The number of hydrogen-bond acceptors (Lipinski definition) is 5. The summed E-state index contributed by atoms with van der Waals surface area (Å²) in [7, 11) is 1.51. The third kappa shape index (κ3) is 4.11. The molecule has 1 aromatic heterocycles. The third-order valence-electron chi connectivity index (χ3n) is 5.24. The zero-order valence-electron chi connectivity index (χ0n) is 17.0. The van der Waals surface area contributed by atoms with Crippen LogP contribution in [0.3, 0.4) is 0 Å². The largest absolute Gasteiger partial charge is 0.497 e. The first-order chi connectivity index (χ1) is 15.0. The average Bonchev–Trinajstić information content (AvgIpc) is 3.32. The molecule has 31 heavy (non-hydrogen) atoms. The van der Waals surface area contributed by atoms with E-state index in [1.807, 2.05) is 0 Å². The van der Waals surface area contributed by atoms with Crippen LogP contribution in [0.1, 0.15) is 28.9 Å². The molecule has 0 spiro atoms. The highest BCUT2D eigenvalue weighted by atomic mass is 35.5. The molecule has 160 valence electrons.